The number of benzene rings is 1. The van der Waals surface area contributed by atoms with E-state index >= 15 is 0 Å². The van der Waals surface area contributed by atoms with Crippen molar-refractivity contribution >= 4 is 11.8 Å². The molecule has 3 aromatic rings. The fourth-order valence-electron chi connectivity index (χ4n) is 2.95. The van der Waals surface area contributed by atoms with Crippen molar-refractivity contribution < 1.29 is 18.7 Å². The minimum absolute atomic E-state index is 0.00604. The molecule has 0 aliphatic carbocycles. The number of ketones is 1. The first-order valence-electron chi connectivity index (χ1n) is 8.27. The number of H-pyrrole nitrogens is 1. The van der Waals surface area contributed by atoms with E-state index in [0.29, 0.717) is 34.2 Å². The molecular formula is C20H20N2O4. The number of aromatic nitrogens is 2. The number of oxazole rings is 1. The first-order valence-corrected chi connectivity index (χ1v) is 8.27. The fourth-order valence-corrected chi connectivity index (χ4v) is 2.95. The first kappa shape index (κ1) is 17.7. The summed E-state index contributed by atoms with van der Waals surface area (Å²) in [6, 6.07) is 9.51. The van der Waals surface area contributed by atoms with Crippen molar-refractivity contribution in [1.82, 2.24) is 9.97 Å². The molecule has 0 spiro atoms. The largest absolute Gasteiger partial charge is 0.454 e. The second-order valence-corrected chi connectivity index (χ2v) is 6.15. The molecule has 2 heterocycles. The molecule has 0 unspecified atom stereocenters. The summed E-state index contributed by atoms with van der Waals surface area (Å²) in [4.78, 5) is 31.4. The van der Waals surface area contributed by atoms with Crippen LogP contribution >= 0.6 is 0 Å². The van der Waals surface area contributed by atoms with Gasteiger partial charge in [0, 0.05) is 16.8 Å². The van der Waals surface area contributed by atoms with E-state index in [2.05, 4.69) is 9.97 Å². The predicted molar refractivity (Wildman–Crippen MR) is 96.1 cm³/mol. The molecule has 1 aromatic carbocycles. The van der Waals surface area contributed by atoms with Crippen LogP contribution in [0.4, 0.5) is 0 Å². The zero-order valence-electron chi connectivity index (χ0n) is 15.2. The van der Waals surface area contributed by atoms with Gasteiger partial charge in [-0.1, -0.05) is 18.2 Å². The molecule has 6 heteroatoms. The van der Waals surface area contributed by atoms with Crippen molar-refractivity contribution in [3.63, 3.8) is 0 Å². The lowest BCUT2D eigenvalue weighted by Gasteiger charge is -2.03. The van der Waals surface area contributed by atoms with E-state index in [-0.39, 0.29) is 18.1 Å². The molecule has 0 saturated carbocycles. The van der Waals surface area contributed by atoms with Crippen LogP contribution in [0.3, 0.4) is 0 Å². The Morgan fingerprint density at radius 3 is 2.46 bits per heavy atom. The van der Waals surface area contributed by atoms with Crippen molar-refractivity contribution in [2.24, 2.45) is 0 Å². The molecule has 3 rings (SSSR count). The Morgan fingerprint density at radius 2 is 1.85 bits per heavy atom. The van der Waals surface area contributed by atoms with Crippen LogP contribution in [0.2, 0.25) is 0 Å². The third kappa shape index (κ3) is 3.31. The van der Waals surface area contributed by atoms with Crippen LogP contribution in [-0.2, 0) is 11.3 Å². The van der Waals surface area contributed by atoms with E-state index in [0.717, 1.165) is 5.56 Å². The molecule has 6 nitrogen and oxygen atoms in total. The Bertz CT molecular complexity index is 967. The number of hydrogen-bond acceptors (Lipinski definition) is 5. The lowest BCUT2D eigenvalue weighted by atomic mass is 10.1. The number of aromatic amines is 1. The number of rotatable bonds is 5. The number of nitrogens with zero attached hydrogens (tertiary/aromatic N) is 1. The third-order valence-corrected chi connectivity index (χ3v) is 4.25. The highest BCUT2D eigenvalue weighted by atomic mass is 16.5. The summed E-state index contributed by atoms with van der Waals surface area (Å²) in [6.07, 6.45) is 0. The number of esters is 1. The first-order chi connectivity index (χ1) is 12.4. The summed E-state index contributed by atoms with van der Waals surface area (Å²) in [7, 11) is 0. The molecule has 2 aromatic heterocycles. The zero-order valence-corrected chi connectivity index (χ0v) is 15.2. The lowest BCUT2D eigenvalue weighted by molar-refractivity contribution is 0.0459. The molecule has 0 fully saturated rings. The van der Waals surface area contributed by atoms with Crippen LogP contribution in [0, 0.1) is 20.8 Å². The van der Waals surface area contributed by atoms with E-state index < -0.39 is 5.97 Å². The summed E-state index contributed by atoms with van der Waals surface area (Å²) in [6.45, 7) is 6.73. The smallest absolute Gasteiger partial charge is 0.355 e. The van der Waals surface area contributed by atoms with Crippen molar-refractivity contribution in [2.75, 3.05) is 0 Å². The van der Waals surface area contributed by atoms with E-state index in [4.69, 9.17) is 9.15 Å². The van der Waals surface area contributed by atoms with Crippen molar-refractivity contribution in [3.05, 3.63) is 64.3 Å². The predicted octanol–water partition coefficient (Wildman–Crippen LogP) is 4.15. The maximum absolute atomic E-state index is 12.4. The fraction of sp³-hybridized carbons (Fsp3) is 0.250. The van der Waals surface area contributed by atoms with Gasteiger partial charge in [0.15, 0.2) is 5.78 Å². The van der Waals surface area contributed by atoms with Gasteiger partial charge >= 0.3 is 5.97 Å². The van der Waals surface area contributed by atoms with Crippen LogP contribution in [0.25, 0.3) is 11.5 Å². The monoisotopic (exact) mass is 352 g/mol. The molecule has 0 aliphatic rings. The van der Waals surface area contributed by atoms with Gasteiger partial charge in [0.1, 0.15) is 23.8 Å². The van der Waals surface area contributed by atoms with E-state index in [1.165, 1.54) is 6.92 Å². The quantitative estimate of drug-likeness (QED) is 0.550. The van der Waals surface area contributed by atoms with Crippen LogP contribution in [0.15, 0.2) is 34.7 Å². The number of ether oxygens (including phenoxy) is 1. The van der Waals surface area contributed by atoms with E-state index in [9.17, 15) is 9.59 Å². The zero-order chi connectivity index (χ0) is 18.8. The van der Waals surface area contributed by atoms with Crippen LogP contribution < -0.4 is 0 Å². The molecule has 134 valence electrons. The van der Waals surface area contributed by atoms with Crippen molar-refractivity contribution in [3.8, 4) is 11.5 Å². The summed E-state index contributed by atoms with van der Waals surface area (Å²) in [5.41, 5.74) is 3.49. The molecule has 0 radical (unpaired) electrons. The van der Waals surface area contributed by atoms with Crippen LogP contribution in [-0.4, -0.2) is 21.7 Å². The van der Waals surface area contributed by atoms with Crippen LogP contribution in [0.1, 0.15) is 50.5 Å². The lowest BCUT2D eigenvalue weighted by Crippen LogP contribution is -2.08. The van der Waals surface area contributed by atoms with Gasteiger partial charge in [-0.15, -0.1) is 0 Å². The minimum atomic E-state index is -0.526. The molecule has 26 heavy (non-hydrogen) atoms. The maximum atomic E-state index is 12.4. The molecule has 1 N–H and O–H groups in total. The van der Waals surface area contributed by atoms with Crippen molar-refractivity contribution in [2.45, 2.75) is 34.3 Å². The van der Waals surface area contributed by atoms with Gasteiger partial charge in [0.05, 0.1) is 0 Å². The highest BCUT2D eigenvalue weighted by Crippen LogP contribution is 2.23. The minimum Gasteiger partial charge on any atom is -0.454 e. The number of nitrogens with one attached hydrogen (secondary N) is 1. The standard InChI is InChI=1S/C20H20N2O4/c1-11-17(13(3)23)12(2)21-18(11)20(24)25-10-16-14(4)26-19(22-16)15-8-6-5-7-9-15/h5-9,21H,10H2,1-4H3. The molecule has 0 amide bonds. The summed E-state index contributed by atoms with van der Waals surface area (Å²) in [5, 5.41) is 0. The van der Waals surface area contributed by atoms with Gasteiger partial charge in [0.2, 0.25) is 5.89 Å². The summed E-state index contributed by atoms with van der Waals surface area (Å²) < 4.78 is 11.0. The average molecular weight is 352 g/mol. The van der Waals surface area contributed by atoms with Gasteiger partial charge in [-0.05, 0) is 45.4 Å². The molecular weight excluding hydrogens is 332 g/mol. The second kappa shape index (κ2) is 7.00. The van der Waals surface area contributed by atoms with Gasteiger partial charge in [-0.3, -0.25) is 4.79 Å². The molecule has 0 bridgehead atoms. The Labute approximate surface area is 151 Å². The molecule has 0 aliphatic heterocycles. The Balaban J connectivity index is 1.76. The molecule has 0 saturated heterocycles. The summed E-state index contributed by atoms with van der Waals surface area (Å²) >= 11 is 0. The number of carbonyl (C=O) groups excluding carboxylic acids is 2. The maximum Gasteiger partial charge on any atom is 0.355 e. The Kier molecular flexibility index (Phi) is 4.75. The Morgan fingerprint density at radius 1 is 1.15 bits per heavy atom. The van der Waals surface area contributed by atoms with E-state index in [1.54, 1.807) is 20.8 Å². The van der Waals surface area contributed by atoms with E-state index in [1.807, 2.05) is 30.3 Å². The molecule has 0 atom stereocenters. The Hall–Kier alpha value is -3.15. The van der Waals surface area contributed by atoms with Gasteiger partial charge in [-0.25, -0.2) is 9.78 Å². The van der Waals surface area contributed by atoms with Gasteiger partial charge in [0.25, 0.3) is 0 Å². The van der Waals surface area contributed by atoms with Gasteiger partial charge < -0.3 is 14.1 Å². The SMILES string of the molecule is CC(=O)c1c(C)[nH]c(C(=O)OCc2nc(-c3ccccc3)oc2C)c1C. The number of Topliss-reactive ketones (excluding diaryl/α,β-unsaturated/α-hetero) is 1. The summed E-state index contributed by atoms with van der Waals surface area (Å²) in [5.74, 6) is 0.470. The van der Waals surface area contributed by atoms with Gasteiger partial charge in [-0.2, -0.15) is 0 Å². The highest BCUT2D eigenvalue weighted by Gasteiger charge is 2.21. The third-order valence-electron chi connectivity index (χ3n) is 4.25. The average Bonchev–Trinajstić information content (AvgIpc) is 3.13. The highest BCUT2D eigenvalue weighted by molar-refractivity contribution is 6.01. The second-order valence-electron chi connectivity index (χ2n) is 6.15. The number of hydrogen-bond donors (Lipinski definition) is 1. The number of aryl methyl sites for hydroxylation is 2. The normalized spacial score (nSPS) is 10.8. The number of carbonyl (C=O) groups is 2. The van der Waals surface area contributed by atoms with Crippen molar-refractivity contribution in [1.29, 1.82) is 0 Å². The topological polar surface area (TPSA) is 85.2 Å². The van der Waals surface area contributed by atoms with Crippen LogP contribution in [0.5, 0.6) is 0 Å².